The summed E-state index contributed by atoms with van der Waals surface area (Å²) < 4.78 is 22.7. The van der Waals surface area contributed by atoms with Gasteiger partial charge in [0.15, 0.2) is 0 Å². The Bertz CT molecular complexity index is 2170. The summed E-state index contributed by atoms with van der Waals surface area (Å²) in [5.74, 6) is 1.24. The minimum Gasteiger partial charge on any atom is -0.508 e. The van der Waals surface area contributed by atoms with Crippen molar-refractivity contribution >= 4 is 29.1 Å². The van der Waals surface area contributed by atoms with E-state index in [4.69, 9.17) is 18.9 Å². The van der Waals surface area contributed by atoms with Crippen LogP contribution in [0.3, 0.4) is 0 Å². The number of aliphatic hydroxyl groups is 2. The zero-order valence-electron chi connectivity index (χ0n) is 40.5. The van der Waals surface area contributed by atoms with Crippen LogP contribution in [0.2, 0.25) is 0 Å². The van der Waals surface area contributed by atoms with E-state index in [0.717, 1.165) is 73.1 Å². The first-order chi connectivity index (χ1) is 32.7. The first kappa shape index (κ1) is 51.6. The molecule has 4 aliphatic rings. The standard InChI is InChI=1S/C53H74N4O10S/c1-34(2)49(52(63)57-31-41(59)30-45(57)51(62)56(5)20-18-36-9-11-37(12-10-36)50-35(3)54-33-68-50)55-47(61)32-67-27-26-66-25-24-65-23-22-64-21-7-6-8-38-28-39-29-40(58)13-14-42(39)43-17-19-53(4)44(48(38)43)15-16-46(53)60/h9-14,29,33,38,41,43-46,48-49,58-60H,1,6-8,15-28,30-32H2,2-5H3,(H,55,61). The second-order valence-corrected chi connectivity index (χ2v) is 20.7. The Balaban J connectivity index is 0.727. The van der Waals surface area contributed by atoms with Crippen molar-refractivity contribution in [3.05, 3.63) is 82.5 Å². The molecule has 2 aromatic carbocycles. The number of ether oxygens (including phenoxy) is 4. The summed E-state index contributed by atoms with van der Waals surface area (Å²) in [4.78, 5) is 48.7. The number of fused-ring (bicyclic) bond motifs is 5. The lowest BCUT2D eigenvalue weighted by molar-refractivity contribution is -0.144. The van der Waals surface area contributed by atoms with Gasteiger partial charge in [0.2, 0.25) is 17.7 Å². The summed E-state index contributed by atoms with van der Waals surface area (Å²) in [7, 11) is 1.70. The van der Waals surface area contributed by atoms with E-state index in [1.807, 2.05) is 36.7 Å². The fraction of sp³-hybridized carbons (Fsp3) is 0.623. The van der Waals surface area contributed by atoms with Gasteiger partial charge in [-0.2, -0.15) is 0 Å². The van der Waals surface area contributed by atoms with E-state index in [-0.39, 0.29) is 50.2 Å². The number of carbonyl (C=O) groups is 3. The molecule has 1 aliphatic heterocycles. The molecule has 9 unspecified atom stereocenters. The number of benzene rings is 2. The number of carbonyl (C=O) groups excluding carboxylic acids is 3. The van der Waals surface area contributed by atoms with Gasteiger partial charge in [-0.15, -0.1) is 11.3 Å². The summed E-state index contributed by atoms with van der Waals surface area (Å²) in [6.45, 7) is 12.8. The number of aliphatic hydroxyl groups excluding tert-OH is 2. The number of aryl methyl sites for hydroxylation is 1. The summed E-state index contributed by atoms with van der Waals surface area (Å²) in [6.07, 6.45) is 8.03. The number of unbranched alkanes of at least 4 members (excludes halogenated alkanes) is 1. The van der Waals surface area contributed by atoms with Crippen LogP contribution in [0, 0.1) is 30.1 Å². The number of aromatic nitrogens is 1. The summed E-state index contributed by atoms with van der Waals surface area (Å²) in [5, 5.41) is 34.5. The van der Waals surface area contributed by atoms with Crippen LogP contribution in [0.25, 0.3) is 10.4 Å². The summed E-state index contributed by atoms with van der Waals surface area (Å²) >= 11 is 1.60. The Hall–Kier alpha value is -4.22. The molecule has 3 aliphatic carbocycles. The Kier molecular flexibility index (Phi) is 18.3. The number of hydrogen-bond donors (Lipinski definition) is 4. The lowest BCUT2D eigenvalue weighted by Gasteiger charge is -2.53. The van der Waals surface area contributed by atoms with Crippen LogP contribution < -0.4 is 5.32 Å². The van der Waals surface area contributed by atoms with Gasteiger partial charge in [-0.25, -0.2) is 4.98 Å². The second kappa shape index (κ2) is 24.1. The lowest BCUT2D eigenvalue weighted by Crippen LogP contribution is -2.54. The van der Waals surface area contributed by atoms with Crippen molar-refractivity contribution in [2.45, 2.75) is 115 Å². The molecule has 2 saturated carbocycles. The predicted molar refractivity (Wildman–Crippen MR) is 261 cm³/mol. The van der Waals surface area contributed by atoms with Crippen LogP contribution in [0.15, 0.2) is 60.1 Å². The zero-order chi connectivity index (χ0) is 48.4. The number of hydrogen-bond acceptors (Lipinski definition) is 12. The largest absolute Gasteiger partial charge is 0.508 e. The van der Waals surface area contributed by atoms with Crippen molar-refractivity contribution in [2.75, 3.05) is 73.0 Å². The molecule has 7 rings (SSSR count). The highest BCUT2D eigenvalue weighted by Gasteiger charge is 2.56. The van der Waals surface area contributed by atoms with E-state index < -0.39 is 30.0 Å². The fourth-order valence-electron chi connectivity index (χ4n) is 11.6. The van der Waals surface area contributed by atoms with Crippen molar-refractivity contribution < 1.29 is 48.7 Å². The average Bonchev–Trinajstić information content (AvgIpc) is 4.03. The molecule has 1 saturated heterocycles. The molecular formula is C53H74N4O10S. The van der Waals surface area contributed by atoms with E-state index in [0.29, 0.717) is 81.0 Å². The van der Waals surface area contributed by atoms with Crippen molar-refractivity contribution in [1.82, 2.24) is 20.1 Å². The normalized spacial score (nSPS) is 25.6. The molecule has 4 N–H and O–H groups in total. The monoisotopic (exact) mass is 959 g/mol. The van der Waals surface area contributed by atoms with Crippen molar-refractivity contribution in [2.24, 2.45) is 23.2 Å². The van der Waals surface area contributed by atoms with Gasteiger partial charge < -0.3 is 49.4 Å². The molecule has 3 fully saturated rings. The SMILES string of the molecule is C=C(C)C(NC(=O)COCCOCCOCCOCCCCC1Cc2cc(O)ccc2C2CCC3(C)C(O)CCC3C12)C(=O)N1CC(O)CC1C(=O)N(C)CCc1ccc(-c2scnc2C)cc1. The fourth-order valence-corrected chi connectivity index (χ4v) is 12.4. The van der Waals surface area contributed by atoms with Crippen LogP contribution in [0.4, 0.5) is 0 Å². The van der Waals surface area contributed by atoms with E-state index >= 15 is 0 Å². The van der Waals surface area contributed by atoms with Crippen molar-refractivity contribution in [3.8, 4) is 16.2 Å². The molecule has 372 valence electrons. The molecule has 3 aromatic rings. The van der Waals surface area contributed by atoms with Crippen LogP contribution >= 0.6 is 11.3 Å². The quantitative estimate of drug-likeness (QED) is 0.0591. The number of likely N-dealkylation sites (N-methyl/N-ethyl adjacent to an activating group) is 1. The van der Waals surface area contributed by atoms with Gasteiger partial charge in [-0.3, -0.25) is 14.4 Å². The van der Waals surface area contributed by atoms with Crippen LogP contribution in [-0.4, -0.2) is 145 Å². The maximum absolute atomic E-state index is 13.8. The number of β-amino-alcohol motifs (C(OH)–C–C–N with tert-alkyl or cyclic N) is 1. The van der Waals surface area contributed by atoms with Gasteiger partial charge in [0.25, 0.3) is 0 Å². The second-order valence-electron chi connectivity index (χ2n) is 19.9. The molecule has 0 bridgehead atoms. The zero-order valence-corrected chi connectivity index (χ0v) is 41.4. The molecule has 1 aromatic heterocycles. The first-order valence-corrected chi connectivity index (χ1v) is 25.6. The molecule has 3 amide bonds. The molecule has 68 heavy (non-hydrogen) atoms. The van der Waals surface area contributed by atoms with Gasteiger partial charge in [-0.1, -0.05) is 50.3 Å². The lowest BCUT2D eigenvalue weighted by atomic mass is 9.52. The van der Waals surface area contributed by atoms with Gasteiger partial charge in [0, 0.05) is 33.2 Å². The maximum atomic E-state index is 13.8. The van der Waals surface area contributed by atoms with Gasteiger partial charge in [0.05, 0.1) is 67.9 Å². The molecule has 14 nitrogen and oxygen atoms in total. The van der Waals surface area contributed by atoms with E-state index in [1.165, 1.54) is 16.0 Å². The predicted octanol–water partition coefficient (Wildman–Crippen LogP) is 6.23. The number of phenolic OH excluding ortho intramolecular Hbond substituents is 1. The molecule has 0 spiro atoms. The third-order valence-corrected chi connectivity index (χ3v) is 16.2. The number of rotatable bonds is 24. The minimum atomic E-state index is -1.09. The number of aromatic hydroxyl groups is 1. The Morgan fingerprint density at radius 1 is 0.971 bits per heavy atom. The molecule has 2 heterocycles. The molecular weight excluding hydrogens is 885 g/mol. The number of nitrogens with zero attached hydrogens (tertiary/aromatic N) is 3. The highest BCUT2D eigenvalue weighted by molar-refractivity contribution is 7.13. The first-order valence-electron chi connectivity index (χ1n) is 24.7. The van der Waals surface area contributed by atoms with Gasteiger partial charge in [-0.05, 0) is 134 Å². The Morgan fingerprint density at radius 3 is 2.37 bits per heavy atom. The third kappa shape index (κ3) is 12.6. The number of amides is 3. The van der Waals surface area contributed by atoms with Crippen molar-refractivity contribution in [3.63, 3.8) is 0 Å². The summed E-state index contributed by atoms with van der Waals surface area (Å²) in [6, 6.07) is 12.2. The van der Waals surface area contributed by atoms with Gasteiger partial charge >= 0.3 is 0 Å². The molecule has 0 radical (unpaired) electrons. The van der Waals surface area contributed by atoms with E-state index in [2.05, 4.69) is 42.0 Å². The van der Waals surface area contributed by atoms with Crippen LogP contribution in [0.1, 0.15) is 93.5 Å². The topological polar surface area (TPSA) is 180 Å². The molecule has 15 heteroatoms. The van der Waals surface area contributed by atoms with E-state index in [1.54, 1.807) is 30.2 Å². The Labute approximate surface area is 406 Å². The smallest absolute Gasteiger partial charge is 0.250 e. The van der Waals surface area contributed by atoms with Crippen LogP contribution in [0.5, 0.6) is 5.75 Å². The average molecular weight is 959 g/mol. The number of likely N-dealkylation sites (tertiary alicyclic amines) is 1. The van der Waals surface area contributed by atoms with Crippen LogP contribution in [-0.2, 0) is 46.2 Å². The highest BCUT2D eigenvalue weighted by atomic mass is 32.1. The number of nitrogens with one attached hydrogen (secondary N) is 1. The number of thiazole rings is 1. The minimum absolute atomic E-state index is 0.0161. The maximum Gasteiger partial charge on any atom is 0.250 e. The third-order valence-electron chi connectivity index (χ3n) is 15.3. The van der Waals surface area contributed by atoms with E-state index in [9.17, 15) is 29.7 Å². The van der Waals surface area contributed by atoms with Gasteiger partial charge in [0.1, 0.15) is 24.4 Å². The highest BCUT2D eigenvalue weighted by Crippen LogP contribution is 2.62. The Morgan fingerprint density at radius 2 is 1.68 bits per heavy atom. The number of phenols is 1. The van der Waals surface area contributed by atoms with Crippen molar-refractivity contribution in [1.29, 1.82) is 0 Å². The summed E-state index contributed by atoms with van der Waals surface area (Å²) in [5.41, 5.74) is 8.13. The molecule has 9 atom stereocenters.